The lowest BCUT2D eigenvalue weighted by Gasteiger charge is -2.53. The molecule has 0 heterocycles. The van der Waals surface area contributed by atoms with Gasteiger partial charge in [-0.25, -0.2) is 0 Å². The summed E-state index contributed by atoms with van der Waals surface area (Å²) in [6, 6.07) is 0. The van der Waals surface area contributed by atoms with Crippen molar-refractivity contribution >= 4 is 5.78 Å². The van der Waals surface area contributed by atoms with Crippen molar-refractivity contribution in [2.45, 2.75) is 58.3 Å². The fourth-order valence-electron chi connectivity index (χ4n) is 7.12. The van der Waals surface area contributed by atoms with Gasteiger partial charge in [0, 0.05) is 6.42 Å². The predicted molar refractivity (Wildman–Crippen MR) is 79.1 cm³/mol. The maximum absolute atomic E-state index is 11.7. The fraction of sp³-hybridized carbons (Fsp3) is 0.842. The number of allylic oxidation sites excluding steroid dienone is 1. The zero-order valence-electron chi connectivity index (χ0n) is 12.6. The third-order valence-electron chi connectivity index (χ3n) is 7.84. The van der Waals surface area contributed by atoms with Crippen LogP contribution >= 0.6 is 0 Å². The Balaban J connectivity index is 1.49. The van der Waals surface area contributed by atoms with E-state index in [1.54, 1.807) is 6.42 Å². The molecule has 1 heteroatoms. The van der Waals surface area contributed by atoms with Gasteiger partial charge >= 0.3 is 0 Å². The molecular weight excluding hydrogens is 244 g/mol. The van der Waals surface area contributed by atoms with Gasteiger partial charge in [-0.1, -0.05) is 12.5 Å². The maximum atomic E-state index is 11.7. The quantitative estimate of drug-likeness (QED) is 0.638. The van der Waals surface area contributed by atoms with Gasteiger partial charge < -0.3 is 0 Å². The number of rotatable bonds is 0. The molecule has 4 saturated carbocycles. The lowest BCUT2D eigenvalue weighted by Crippen LogP contribution is -2.46. The van der Waals surface area contributed by atoms with Gasteiger partial charge in [0.1, 0.15) is 0 Å². The largest absolute Gasteiger partial charge is 0.295 e. The normalized spacial score (nSPS) is 56.2. The number of hydrogen-bond acceptors (Lipinski definition) is 1. The minimum atomic E-state index is 0.401. The second-order valence-corrected chi connectivity index (χ2v) is 8.78. The second kappa shape index (κ2) is 3.78. The lowest BCUT2D eigenvalue weighted by molar-refractivity contribution is -0.116. The molecule has 0 amide bonds. The minimum absolute atomic E-state index is 0.401. The molecule has 0 spiro atoms. The van der Waals surface area contributed by atoms with E-state index in [0.717, 1.165) is 41.9 Å². The van der Waals surface area contributed by atoms with Crippen LogP contribution in [-0.2, 0) is 4.79 Å². The van der Waals surface area contributed by atoms with Crippen LogP contribution in [0.25, 0.3) is 0 Å². The van der Waals surface area contributed by atoms with Gasteiger partial charge in [-0.15, -0.1) is 0 Å². The molecule has 5 rings (SSSR count). The first-order chi connectivity index (χ1) is 9.66. The number of hydrogen-bond donors (Lipinski definition) is 0. The maximum Gasteiger partial charge on any atom is 0.155 e. The molecule has 0 aliphatic heterocycles. The van der Waals surface area contributed by atoms with Crippen LogP contribution in [0.1, 0.15) is 58.3 Å². The average Bonchev–Trinajstić information content (AvgIpc) is 3.09. The van der Waals surface area contributed by atoms with Crippen molar-refractivity contribution in [3.63, 3.8) is 0 Å². The van der Waals surface area contributed by atoms with Crippen molar-refractivity contribution in [2.24, 2.45) is 40.9 Å². The zero-order valence-corrected chi connectivity index (χ0v) is 12.6. The van der Waals surface area contributed by atoms with Gasteiger partial charge in [0.15, 0.2) is 5.78 Å². The van der Waals surface area contributed by atoms with Gasteiger partial charge in [-0.05, 0) is 91.9 Å². The van der Waals surface area contributed by atoms with Crippen LogP contribution in [0, 0.1) is 40.9 Å². The molecule has 0 radical (unpaired) electrons. The van der Waals surface area contributed by atoms with E-state index in [1.807, 2.05) is 6.08 Å². The third-order valence-corrected chi connectivity index (χ3v) is 7.84. The summed E-state index contributed by atoms with van der Waals surface area (Å²) in [4.78, 5) is 11.7. The van der Waals surface area contributed by atoms with E-state index in [0.29, 0.717) is 11.2 Å². The van der Waals surface area contributed by atoms with Crippen LogP contribution in [0.5, 0.6) is 0 Å². The van der Waals surface area contributed by atoms with E-state index < -0.39 is 0 Å². The highest BCUT2D eigenvalue weighted by atomic mass is 16.1. The summed E-state index contributed by atoms with van der Waals surface area (Å²) in [7, 11) is 0. The Bertz CT molecular complexity index is 504. The van der Waals surface area contributed by atoms with Crippen molar-refractivity contribution < 1.29 is 4.79 Å². The highest BCUT2D eigenvalue weighted by Crippen LogP contribution is 2.72. The van der Waals surface area contributed by atoms with Crippen molar-refractivity contribution in [3.8, 4) is 0 Å². The second-order valence-electron chi connectivity index (χ2n) is 8.78. The van der Waals surface area contributed by atoms with Gasteiger partial charge in [-0.2, -0.15) is 0 Å². The molecular formula is C19H26O. The molecule has 0 unspecified atom stereocenters. The standard InChI is InChI=1S/C19H26O/c1-19-7-6-15-14-5-3-13(20)8-11(14)2-4-16(15)18(19)17-9-12(17)10-19/h8,12,14-18H,2-7,9-10H2,1H3/t12-,14-,15+,16+,17-,18+,19+/m0/s1. The summed E-state index contributed by atoms with van der Waals surface area (Å²) in [5, 5.41) is 0. The van der Waals surface area contributed by atoms with Crippen LogP contribution in [0.3, 0.4) is 0 Å². The number of carbonyl (C=O) groups is 1. The van der Waals surface area contributed by atoms with Gasteiger partial charge in [-0.3, -0.25) is 4.79 Å². The first-order valence-corrected chi connectivity index (χ1v) is 8.89. The fourth-order valence-corrected chi connectivity index (χ4v) is 7.12. The Hall–Kier alpha value is -0.590. The summed E-state index contributed by atoms with van der Waals surface area (Å²) < 4.78 is 0. The Kier molecular flexibility index (Phi) is 2.27. The van der Waals surface area contributed by atoms with Crippen molar-refractivity contribution in [3.05, 3.63) is 11.6 Å². The molecule has 0 aromatic carbocycles. The average molecular weight is 270 g/mol. The highest BCUT2D eigenvalue weighted by molar-refractivity contribution is 5.91. The summed E-state index contributed by atoms with van der Waals surface area (Å²) in [5.41, 5.74) is 2.23. The summed E-state index contributed by atoms with van der Waals surface area (Å²) in [5.74, 6) is 6.37. The van der Waals surface area contributed by atoms with Crippen LogP contribution in [-0.4, -0.2) is 5.78 Å². The Morgan fingerprint density at radius 1 is 1.10 bits per heavy atom. The summed E-state index contributed by atoms with van der Waals surface area (Å²) in [6.07, 6.45) is 12.7. The molecule has 7 atom stereocenters. The van der Waals surface area contributed by atoms with Crippen LogP contribution < -0.4 is 0 Å². The molecule has 0 N–H and O–H groups in total. The molecule has 20 heavy (non-hydrogen) atoms. The van der Waals surface area contributed by atoms with E-state index in [9.17, 15) is 4.79 Å². The molecule has 0 aromatic rings. The van der Waals surface area contributed by atoms with E-state index in [2.05, 4.69) is 6.92 Å². The minimum Gasteiger partial charge on any atom is -0.295 e. The van der Waals surface area contributed by atoms with E-state index >= 15 is 0 Å². The van der Waals surface area contributed by atoms with E-state index in [-0.39, 0.29) is 0 Å². The predicted octanol–water partition coefficient (Wildman–Crippen LogP) is 4.37. The molecule has 108 valence electrons. The smallest absolute Gasteiger partial charge is 0.155 e. The van der Waals surface area contributed by atoms with Crippen molar-refractivity contribution in [2.75, 3.05) is 0 Å². The zero-order chi connectivity index (χ0) is 13.5. The molecule has 0 aromatic heterocycles. The monoisotopic (exact) mass is 270 g/mol. The van der Waals surface area contributed by atoms with Gasteiger partial charge in [0.05, 0.1) is 0 Å². The molecule has 5 aliphatic rings. The first kappa shape index (κ1) is 12.0. The van der Waals surface area contributed by atoms with Crippen molar-refractivity contribution in [1.82, 2.24) is 0 Å². The summed E-state index contributed by atoms with van der Waals surface area (Å²) >= 11 is 0. The molecule has 0 saturated heterocycles. The Morgan fingerprint density at radius 3 is 2.90 bits per heavy atom. The number of ketones is 1. The Morgan fingerprint density at radius 2 is 2.00 bits per heavy atom. The SMILES string of the molecule is C[C@]12CC[C@H]3[C@@H](CCC4=CC(=O)CC[C@@H]43)[C@@H]1[C@H]1C[C@H]1C2. The lowest BCUT2D eigenvalue weighted by atomic mass is 9.51. The molecule has 4 fully saturated rings. The van der Waals surface area contributed by atoms with Gasteiger partial charge in [0.25, 0.3) is 0 Å². The van der Waals surface area contributed by atoms with Crippen LogP contribution in [0.2, 0.25) is 0 Å². The van der Waals surface area contributed by atoms with Crippen LogP contribution in [0.15, 0.2) is 11.6 Å². The number of fused-ring (bicyclic) bond motifs is 7. The summed E-state index contributed by atoms with van der Waals surface area (Å²) in [6.45, 7) is 2.61. The van der Waals surface area contributed by atoms with E-state index in [1.165, 1.54) is 44.1 Å². The molecule has 1 nitrogen and oxygen atoms in total. The van der Waals surface area contributed by atoms with E-state index in [4.69, 9.17) is 0 Å². The van der Waals surface area contributed by atoms with Crippen molar-refractivity contribution in [1.29, 1.82) is 0 Å². The van der Waals surface area contributed by atoms with Gasteiger partial charge in [0.2, 0.25) is 0 Å². The Labute approximate surface area is 122 Å². The third kappa shape index (κ3) is 1.47. The molecule has 0 bridgehead atoms. The topological polar surface area (TPSA) is 17.1 Å². The first-order valence-electron chi connectivity index (χ1n) is 8.89. The van der Waals surface area contributed by atoms with Crippen LogP contribution in [0.4, 0.5) is 0 Å². The number of carbonyl (C=O) groups excluding carboxylic acids is 1. The molecule has 5 aliphatic carbocycles. The highest BCUT2D eigenvalue weighted by Gasteiger charge is 2.64.